The molecular weight excluding hydrogens is 438 g/mol. The summed E-state index contributed by atoms with van der Waals surface area (Å²) >= 11 is 0. The summed E-state index contributed by atoms with van der Waals surface area (Å²) in [6.07, 6.45) is 1.86. The Hall–Kier alpha value is -3.25. The lowest BCUT2D eigenvalue weighted by atomic mass is 10.2. The van der Waals surface area contributed by atoms with Gasteiger partial charge in [0, 0.05) is 58.6 Å². The molecule has 1 saturated heterocycles. The number of carbonyl (C=O) groups excluding carboxylic acids is 1. The highest BCUT2D eigenvalue weighted by Crippen LogP contribution is 2.18. The van der Waals surface area contributed by atoms with Crippen LogP contribution < -0.4 is 10.5 Å². The number of aldehydes is 1. The van der Waals surface area contributed by atoms with Crippen molar-refractivity contribution in [3.63, 3.8) is 0 Å². The zero-order chi connectivity index (χ0) is 23.5. The molecule has 32 heavy (non-hydrogen) atoms. The van der Waals surface area contributed by atoms with Gasteiger partial charge in [0.15, 0.2) is 5.82 Å². The number of benzene rings is 1. The molecule has 1 N–H and O–H groups in total. The van der Waals surface area contributed by atoms with Crippen molar-refractivity contribution in [3.8, 4) is 5.69 Å². The maximum atomic E-state index is 13.2. The van der Waals surface area contributed by atoms with Crippen LogP contribution in [0.2, 0.25) is 0 Å². The van der Waals surface area contributed by atoms with Crippen LogP contribution in [0.5, 0.6) is 0 Å². The van der Waals surface area contributed by atoms with E-state index in [0.29, 0.717) is 30.9 Å². The predicted molar refractivity (Wildman–Crippen MR) is 117 cm³/mol. The number of amides is 1. The Morgan fingerprint density at radius 2 is 1.78 bits per heavy atom. The summed E-state index contributed by atoms with van der Waals surface area (Å²) in [5.41, 5.74) is 0.567. The molecule has 1 aromatic carbocycles. The molecule has 1 aromatic heterocycles. The first-order valence-corrected chi connectivity index (χ1v) is 11.4. The molecule has 0 aliphatic carbocycles. The normalized spacial score (nSPS) is 14.6. The van der Waals surface area contributed by atoms with Crippen LogP contribution in [-0.2, 0) is 21.2 Å². The Labute approximate surface area is 185 Å². The largest absolute Gasteiger partial charge is 0.465 e. The SMILES string of the molecule is CN(C)S(=O)(=O)c1ccc(-n2cc(CCC=O)nc(N3CCN(C(=O)O)CC3)c2=O)cc1. The van der Waals surface area contributed by atoms with Gasteiger partial charge in [-0.2, -0.15) is 0 Å². The van der Waals surface area contributed by atoms with Crippen molar-refractivity contribution in [1.82, 2.24) is 18.8 Å². The summed E-state index contributed by atoms with van der Waals surface area (Å²) in [5.74, 6) is 0.170. The van der Waals surface area contributed by atoms with Gasteiger partial charge in [-0.1, -0.05) is 0 Å². The molecule has 2 heterocycles. The lowest BCUT2D eigenvalue weighted by molar-refractivity contribution is -0.107. The molecule has 12 heteroatoms. The zero-order valence-corrected chi connectivity index (χ0v) is 18.7. The first kappa shape index (κ1) is 23.4. The number of hydrogen-bond donors (Lipinski definition) is 1. The van der Waals surface area contributed by atoms with Crippen LogP contribution in [0.3, 0.4) is 0 Å². The molecular formula is C20H25N5O6S. The maximum absolute atomic E-state index is 13.2. The van der Waals surface area contributed by atoms with Crippen LogP contribution in [0.4, 0.5) is 10.6 Å². The number of sulfonamides is 1. The highest BCUT2D eigenvalue weighted by Gasteiger charge is 2.24. The minimum Gasteiger partial charge on any atom is -0.465 e. The van der Waals surface area contributed by atoms with Gasteiger partial charge < -0.3 is 19.7 Å². The fourth-order valence-corrected chi connectivity index (χ4v) is 4.25. The Morgan fingerprint density at radius 3 is 2.31 bits per heavy atom. The summed E-state index contributed by atoms with van der Waals surface area (Å²) in [7, 11) is -0.736. The molecule has 0 bridgehead atoms. The van der Waals surface area contributed by atoms with Gasteiger partial charge in [-0.3, -0.25) is 9.36 Å². The number of aromatic nitrogens is 2. The van der Waals surface area contributed by atoms with Crippen LogP contribution in [0, 0.1) is 0 Å². The molecule has 11 nitrogen and oxygen atoms in total. The molecule has 0 spiro atoms. The number of piperazine rings is 1. The standard InChI is InChI=1S/C20H25N5O6S/c1-22(2)32(30,31)17-7-5-16(6-8-17)25-14-15(4-3-13-26)21-18(19(25)27)23-9-11-24(12-10-23)20(28)29/h5-8,13-14H,3-4,9-12H2,1-2H3,(H,28,29). The third-order valence-electron chi connectivity index (χ3n) is 5.20. The summed E-state index contributed by atoms with van der Waals surface area (Å²) in [4.78, 5) is 42.8. The molecule has 0 unspecified atom stereocenters. The highest BCUT2D eigenvalue weighted by atomic mass is 32.2. The number of carbonyl (C=O) groups is 2. The van der Waals surface area contributed by atoms with Crippen LogP contribution in [0.15, 0.2) is 40.2 Å². The van der Waals surface area contributed by atoms with Crippen molar-refractivity contribution in [2.75, 3.05) is 45.2 Å². The number of aryl methyl sites for hydroxylation is 1. The van der Waals surface area contributed by atoms with Gasteiger partial charge in [0.1, 0.15) is 6.29 Å². The maximum Gasteiger partial charge on any atom is 0.407 e. The monoisotopic (exact) mass is 463 g/mol. The van der Waals surface area contributed by atoms with Crippen molar-refractivity contribution >= 4 is 28.2 Å². The van der Waals surface area contributed by atoms with Crippen LogP contribution in [0.25, 0.3) is 5.69 Å². The summed E-state index contributed by atoms with van der Waals surface area (Å²) in [6, 6.07) is 5.92. The average molecular weight is 464 g/mol. The van der Waals surface area contributed by atoms with Crippen molar-refractivity contribution in [3.05, 3.63) is 46.5 Å². The summed E-state index contributed by atoms with van der Waals surface area (Å²) < 4.78 is 27.1. The molecule has 0 atom stereocenters. The Balaban J connectivity index is 2.00. The first-order chi connectivity index (χ1) is 15.1. The predicted octanol–water partition coefficient (Wildman–Crippen LogP) is 0.414. The number of carboxylic acid groups (broad SMARTS) is 1. The van der Waals surface area contributed by atoms with Gasteiger partial charge in [0.05, 0.1) is 10.6 Å². The van der Waals surface area contributed by atoms with Gasteiger partial charge in [-0.15, -0.1) is 0 Å². The Morgan fingerprint density at radius 1 is 1.16 bits per heavy atom. The van der Waals surface area contributed by atoms with Gasteiger partial charge in [0.2, 0.25) is 10.0 Å². The molecule has 172 valence electrons. The average Bonchev–Trinajstić information content (AvgIpc) is 2.78. The van der Waals surface area contributed by atoms with E-state index in [0.717, 1.165) is 10.6 Å². The highest BCUT2D eigenvalue weighted by molar-refractivity contribution is 7.89. The summed E-state index contributed by atoms with van der Waals surface area (Å²) in [6.45, 7) is 1.11. The number of anilines is 1. The van der Waals surface area contributed by atoms with E-state index in [2.05, 4.69) is 4.98 Å². The Bertz CT molecular complexity index is 1150. The van der Waals surface area contributed by atoms with Gasteiger partial charge >= 0.3 is 6.09 Å². The number of hydrogen-bond acceptors (Lipinski definition) is 7. The summed E-state index contributed by atoms with van der Waals surface area (Å²) in [5, 5.41) is 9.14. The second-order valence-electron chi connectivity index (χ2n) is 7.47. The van der Waals surface area contributed by atoms with Gasteiger partial charge in [-0.25, -0.2) is 22.5 Å². The van der Waals surface area contributed by atoms with E-state index in [1.165, 1.54) is 54.0 Å². The quantitative estimate of drug-likeness (QED) is 0.584. The minimum absolute atomic E-state index is 0.0968. The van der Waals surface area contributed by atoms with E-state index in [4.69, 9.17) is 5.11 Å². The second-order valence-corrected chi connectivity index (χ2v) is 9.63. The Kier molecular flexibility index (Phi) is 6.94. The molecule has 1 fully saturated rings. The number of nitrogens with zero attached hydrogens (tertiary/aromatic N) is 5. The van der Waals surface area contributed by atoms with E-state index in [1.807, 2.05) is 0 Å². The van der Waals surface area contributed by atoms with Crippen molar-refractivity contribution in [1.29, 1.82) is 0 Å². The van der Waals surface area contributed by atoms with E-state index in [9.17, 15) is 22.8 Å². The minimum atomic E-state index is -3.61. The van der Waals surface area contributed by atoms with Crippen LogP contribution in [-0.4, -0.2) is 84.9 Å². The van der Waals surface area contributed by atoms with Gasteiger partial charge in [0.25, 0.3) is 5.56 Å². The van der Waals surface area contributed by atoms with Crippen LogP contribution >= 0.6 is 0 Å². The third-order valence-corrected chi connectivity index (χ3v) is 7.03. The topological polar surface area (TPSA) is 133 Å². The molecule has 2 aromatic rings. The molecule has 1 amide bonds. The molecule has 3 rings (SSSR count). The second kappa shape index (κ2) is 9.49. The van der Waals surface area contributed by atoms with E-state index in [-0.39, 0.29) is 30.2 Å². The van der Waals surface area contributed by atoms with E-state index in [1.54, 1.807) is 4.90 Å². The first-order valence-electron chi connectivity index (χ1n) is 9.97. The van der Waals surface area contributed by atoms with Gasteiger partial charge in [-0.05, 0) is 30.7 Å². The van der Waals surface area contributed by atoms with E-state index < -0.39 is 21.7 Å². The lowest BCUT2D eigenvalue weighted by Crippen LogP contribution is -2.50. The molecule has 1 aliphatic heterocycles. The van der Waals surface area contributed by atoms with Crippen LogP contribution in [0.1, 0.15) is 12.1 Å². The van der Waals surface area contributed by atoms with Crippen molar-refractivity contribution in [2.45, 2.75) is 17.7 Å². The molecule has 0 radical (unpaired) electrons. The zero-order valence-electron chi connectivity index (χ0n) is 17.8. The fraction of sp³-hybridized carbons (Fsp3) is 0.400. The van der Waals surface area contributed by atoms with Crippen molar-refractivity contribution in [2.24, 2.45) is 0 Å². The number of rotatable bonds is 7. The third kappa shape index (κ3) is 4.81. The molecule has 1 aliphatic rings. The van der Waals surface area contributed by atoms with E-state index >= 15 is 0 Å². The molecule has 0 saturated carbocycles. The smallest absolute Gasteiger partial charge is 0.407 e. The fourth-order valence-electron chi connectivity index (χ4n) is 3.35. The lowest BCUT2D eigenvalue weighted by Gasteiger charge is -2.33. The van der Waals surface area contributed by atoms with Crippen molar-refractivity contribution < 1.29 is 23.1 Å².